The van der Waals surface area contributed by atoms with Crippen LogP contribution in [0.15, 0.2) is 36.7 Å². The summed E-state index contributed by atoms with van der Waals surface area (Å²) in [6.45, 7) is 6.69. The molecule has 2 bridgehead atoms. The number of amides is 1. The molecule has 1 aliphatic carbocycles. The molecule has 1 saturated carbocycles. The number of aromatic nitrogens is 5. The van der Waals surface area contributed by atoms with Crippen molar-refractivity contribution in [1.29, 1.82) is 5.26 Å². The highest BCUT2D eigenvalue weighted by atomic mass is 32.1. The number of pyridine rings is 1. The SMILES string of the molecule is CC(=O)N[C@@H]1[C@@H]2C[C@H]1CN(c1nnc(-c3cnc(-c4ccc5cc(C#N)cnn45)cc3NC3(C)COC3)s1)C2. The lowest BCUT2D eigenvalue weighted by Crippen LogP contribution is -2.64. The summed E-state index contributed by atoms with van der Waals surface area (Å²) in [4.78, 5) is 18.6. The van der Waals surface area contributed by atoms with Gasteiger partial charge in [0.05, 0.1) is 53.0 Å². The van der Waals surface area contributed by atoms with Crippen LogP contribution in [-0.2, 0) is 9.53 Å². The number of rotatable bonds is 6. The topological polar surface area (TPSA) is 133 Å². The Morgan fingerprint density at radius 1 is 1.21 bits per heavy atom. The Labute approximate surface area is 228 Å². The number of nitrogens with zero attached hydrogens (tertiary/aromatic N) is 7. The number of piperidine rings is 2. The summed E-state index contributed by atoms with van der Waals surface area (Å²) in [6.07, 6.45) is 4.55. The molecule has 4 fully saturated rings. The van der Waals surface area contributed by atoms with Crippen molar-refractivity contribution in [3.8, 4) is 28.0 Å². The van der Waals surface area contributed by atoms with E-state index in [0.717, 1.165) is 57.8 Å². The van der Waals surface area contributed by atoms with E-state index in [4.69, 9.17) is 9.72 Å². The Morgan fingerprint density at radius 3 is 2.74 bits per heavy atom. The molecular formula is C27H27N9O2S. The van der Waals surface area contributed by atoms with Crippen LogP contribution in [0.4, 0.5) is 10.8 Å². The number of anilines is 2. The predicted octanol–water partition coefficient (Wildman–Crippen LogP) is 2.95. The molecule has 4 aliphatic rings. The Hall–Kier alpha value is -4.08. The van der Waals surface area contributed by atoms with Gasteiger partial charge >= 0.3 is 0 Å². The van der Waals surface area contributed by atoms with Gasteiger partial charge in [-0.1, -0.05) is 11.3 Å². The van der Waals surface area contributed by atoms with Gasteiger partial charge in [-0.15, -0.1) is 10.2 Å². The molecule has 3 saturated heterocycles. The van der Waals surface area contributed by atoms with Gasteiger partial charge in [0.1, 0.15) is 6.07 Å². The van der Waals surface area contributed by atoms with Gasteiger partial charge in [0, 0.05) is 37.9 Å². The maximum Gasteiger partial charge on any atom is 0.217 e. The zero-order valence-corrected chi connectivity index (χ0v) is 22.4. The van der Waals surface area contributed by atoms with Crippen LogP contribution in [0.5, 0.6) is 0 Å². The van der Waals surface area contributed by atoms with E-state index in [9.17, 15) is 10.1 Å². The van der Waals surface area contributed by atoms with E-state index in [-0.39, 0.29) is 17.5 Å². The molecule has 4 aromatic rings. The summed E-state index contributed by atoms with van der Waals surface area (Å²) < 4.78 is 7.28. The number of hydrogen-bond donors (Lipinski definition) is 2. The lowest BCUT2D eigenvalue weighted by Gasteiger charge is -2.53. The fraction of sp³-hybridized carbons (Fsp3) is 0.407. The highest BCUT2D eigenvalue weighted by Gasteiger charge is 2.47. The van der Waals surface area contributed by atoms with Gasteiger partial charge in [-0.05, 0) is 49.4 Å². The van der Waals surface area contributed by atoms with Gasteiger partial charge in [0.25, 0.3) is 0 Å². The summed E-state index contributed by atoms with van der Waals surface area (Å²) >= 11 is 1.56. The minimum atomic E-state index is -0.186. The standard InChI is InChI=1S/C27H27N9O2S/c1-15(37)31-24-17-6-18(24)12-35(11-17)26-34-33-25(39-26)20-10-29-22(7-21(20)32-27(2)13-38-14-27)23-4-3-19-5-16(8-28)9-30-36(19)23/h3-5,7,9-10,17-18,24H,6,11-14H2,1-2H3,(H,29,32)(H,31,37)/t17-,18+,24-. The maximum atomic E-state index is 11.6. The third-order valence-corrected chi connectivity index (χ3v) is 8.91. The van der Waals surface area contributed by atoms with Crippen LogP contribution < -0.4 is 15.5 Å². The van der Waals surface area contributed by atoms with E-state index in [1.165, 1.54) is 0 Å². The molecule has 39 heavy (non-hydrogen) atoms. The normalized spacial score (nSPS) is 23.0. The van der Waals surface area contributed by atoms with Crippen molar-refractivity contribution in [2.75, 3.05) is 36.5 Å². The van der Waals surface area contributed by atoms with Crippen molar-refractivity contribution in [3.05, 3.63) is 42.2 Å². The number of fused-ring (bicyclic) bond motifs is 3. The third kappa shape index (κ3) is 4.18. The van der Waals surface area contributed by atoms with Crippen molar-refractivity contribution in [2.45, 2.75) is 31.8 Å². The van der Waals surface area contributed by atoms with Crippen LogP contribution in [0.1, 0.15) is 25.8 Å². The number of nitriles is 1. The largest absolute Gasteiger partial charge is 0.376 e. The molecule has 198 valence electrons. The molecule has 3 atom stereocenters. The summed E-state index contributed by atoms with van der Waals surface area (Å²) in [5.74, 6) is 0.941. The Bertz CT molecular complexity index is 1620. The lowest BCUT2D eigenvalue weighted by atomic mass is 9.66. The Balaban J connectivity index is 1.20. The number of nitrogens with one attached hydrogen (secondary N) is 2. The highest BCUT2D eigenvalue weighted by Crippen LogP contribution is 2.44. The maximum absolute atomic E-state index is 11.6. The summed E-state index contributed by atoms with van der Waals surface area (Å²) in [5.41, 5.74) is 4.54. The third-order valence-electron chi connectivity index (χ3n) is 7.89. The molecule has 3 aliphatic heterocycles. The summed E-state index contributed by atoms with van der Waals surface area (Å²) in [5, 5.41) is 31.2. The molecule has 12 heteroatoms. The monoisotopic (exact) mass is 541 g/mol. The van der Waals surface area contributed by atoms with Gasteiger partial charge in [0.15, 0.2) is 5.01 Å². The fourth-order valence-corrected chi connectivity index (χ4v) is 6.78. The average molecular weight is 542 g/mol. The molecule has 0 unspecified atom stereocenters. The summed E-state index contributed by atoms with van der Waals surface area (Å²) in [6, 6.07) is 10.1. The first-order valence-electron chi connectivity index (χ1n) is 13.0. The molecule has 7 heterocycles. The highest BCUT2D eigenvalue weighted by molar-refractivity contribution is 7.18. The molecular weight excluding hydrogens is 514 g/mol. The van der Waals surface area contributed by atoms with Crippen LogP contribution in [0.3, 0.4) is 0 Å². The molecule has 2 N–H and O–H groups in total. The molecule has 0 spiro atoms. The second-order valence-electron chi connectivity index (χ2n) is 11.0. The van der Waals surface area contributed by atoms with E-state index in [2.05, 4.69) is 43.8 Å². The van der Waals surface area contributed by atoms with Gasteiger partial charge in [-0.3, -0.25) is 9.78 Å². The predicted molar refractivity (Wildman–Crippen MR) is 146 cm³/mol. The van der Waals surface area contributed by atoms with Crippen LogP contribution in [0, 0.1) is 23.2 Å². The van der Waals surface area contributed by atoms with E-state index in [1.807, 2.05) is 30.5 Å². The number of carbonyl (C=O) groups excluding carboxylic acids is 1. The molecule has 11 nitrogen and oxygen atoms in total. The van der Waals surface area contributed by atoms with Crippen LogP contribution in [0.25, 0.3) is 27.5 Å². The molecule has 1 amide bonds. The molecule has 4 aromatic heterocycles. The van der Waals surface area contributed by atoms with Crippen LogP contribution >= 0.6 is 11.3 Å². The minimum Gasteiger partial charge on any atom is -0.376 e. The van der Waals surface area contributed by atoms with E-state index in [1.54, 1.807) is 29.0 Å². The zero-order chi connectivity index (χ0) is 26.7. The quantitative estimate of drug-likeness (QED) is 0.378. The van der Waals surface area contributed by atoms with Crippen molar-refractivity contribution in [3.63, 3.8) is 0 Å². The van der Waals surface area contributed by atoms with Crippen molar-refractivity contribution < 1.29 is 9.53 Å². The van der Waals surface area contributed by atoms with E-state index < -0.39 is 0 Å². The smallest absolute Gasteiger partial charge is 0.217 e. The van der Waals surface area contributed by atoms with Gasteiger partial charge in [0.2, 0.25) is 11.0 Å². The summed E-state index contributed by atoms with van der Waals surface area (Å²) in [7, 11) is 0. The molecule has 0 radical (unpaired) electrons. The molecule has 8 rings (SSSR count). The average Bonchev–Trinajstić information content (AvgIpc) is 3.58. The Kier molecular flexibility index (Phi) is 5.54. The first-order valence-corrected chi connectivity index (χ1v) is 13.8. The molecule has 0 aromatic carbocycles. The minimum absolute atomic E-state index is 0.0405. The number of ether oxygens (including phenoxy) is 1. The first kappa shape index (κ1) is 24.0. The van der Waals surface area contributed by atoms with E-state index >= 15 is 0 Å². The second-order valence-corrected chi connectivity index (χ2v) is 11.9. The van der Waals surface area contributed by atoms with Gasteiger partial charge in [-0.25, -0.2) is 4.52 Å². The zero-order valence-electron chi connectivity index (χ0n) is 21.6. The number of hydrogen-bond acceptors (Lipinski definition) is 10. The number of carbonyl (C=O) groups is 1. The van der Waals surface area contributed by atoms with Crippen LogP contribution in [0.2, 0.25) is 0 Å². The second kappa shape index (κ2) is 9.00. The van der Waals surface area contributed by atoms with E-state index in [0.29, 0.717) is 30.6 Å². The lowest BCUT2D eigenvalue weighted by molar-refractivity contribution is -0.122. The van der Waals surface area contributed by atoms with Crippen molar-refractivity contribution in [1.82, 2.24) is 30.1 Å². The van der Waals surface area contributed by atoms with Crippen LogP contribution in [-0.4, -0.2) is 68.6 Å². The van der Waals surface area contributed by atoms with Crippen molar-refractivity contribution in [2.24, 2.45) is 11.8 Å². The van der Waals surface area contributed by atoms with Crippen molar-refractivity contribution >= 4 is 33.6 Å². The van der Waals surface area contributed by atoms with Gasteiger partial charge < -0.3 is 20.3 Å². The van der Waals surface area contributed by atoms with Gasteiger partial charge in [-0.2, -0.15) is 10.4 Å². The first-order chi connectivity index (χ1) is 18.9. The fourth-order valence-electron chi connectivity index (χ4n) is 5.90. The Morgan fingerprint density at radius 2 is 2.03 bits per heavy atom.